The number of esters is 2. The van der Waals surface area contributed by atoms with Crippen molar-refractivity contribution in [2.24, 2.45) is 0 Å². The van der Waals surface area contributed by atoms with E-state index in [4.69, 9.17) is 18.9 Å². The molecular formula is C28H35BrO6. The second-order valence-electron chi connectivity index (χ2n) is 7.97. The predicted octanol–water partition coefficient (Wildman–Crippen LogP) is 6.91. The molecule has 6 nitrogen and oxygen atoms in total. The largest absolute Gasteiger partial charge is 0.494 e. The molecule has 0 spiro atoms. The van der Waals surface area contributed by atoms with Crippen molar-refractivity contribution in [3.05, 3.63) is 66.7 Å². The number of carbonyl (C=O) groups is 2. The first-order valence-electron chi connectivity index (χ1n) is 12.2. The van der Waals surface area contributed by atoms with Gasteiger partial charge < -0.3 is 18.9 Å². The molecule has 35 heavy (non-hydrogen) atoms. The van der Waals surface area contributed by atoms with Crippen LogP contribution >= 0.6 is 15.9 Å². The molecule has 190 valence electrons. The molecule has 0 aliphatic rings. The van der Waals surface area contributed by atoms with Gasteiger partial charge in [-0.05, 0) is 87.1 Å². The lowest BCUT2D eigenvalue weighted by atomic mass is 10.2. The Kier molecular flexibility index (Phi) is 14.3. The van der Waals surface area contributed by atoms with Gasteiger partial charge in [0.05, 0.1) is 25.4 Å². The van der Waals surface area contributed by atoms with Gasteiger partial charge in [0.2, 0.25) is 0 Å². The van der Waals surface area contributed by atoms with Crippen LogP contribution in [0.15, 0.2) is 61.2 Å². The monoisotopic (exact) mass is 546 g/mol. The van der Waals surface area contributed by atoms with E-state index in [-0.39, 0.29) is 5.97 Å². The van der Waals surface area contributed by atoms with Crippen molar-refractivity contribution in [2.45, 2.75) is 51.4 Å². The highest BCUT2D eigenvalue weighted by atomic mass is 79.9. The number of ether oxygens (including phenoxy) is 4. The molecule has 0 saturated heterocycles. The van der Waals surface area contributed by atoms with Gasteiger partial charge in [0.15, 0.2) is 0 Å². The molecule has 0 N–H and O–H groups in total. The van der Waals surface area contributed by atoms with E-state index >= 15 is 0 Å². The van der Waals surface area contributed by atoms with Gasteiger partial charge in [-0.2, -0.15) is 0 Å². The lowest BCUT2D eigenvalue weighted by molar-refractivity contribution is -0.137. The summed E-state index contributed by atoms with van der Waals surface area (Å²) in [5.41, 5.74) is 0.454. The first-order chi connectivity index (χ1) is 17.1. The van der Waals surface area contributed by atoms with Crippen LogP contribution in [0.3, 0.4) is 0 Å². The Labute approximate surface area is 216 Å². The number of hydrogen-bond donors (Lipinski definition) is 0. The zero-order chi connectivity index (χ0) is 25.1. The highest BCUT2D eigenvalue weighted by Crippen LogP contribution is 2.20. The number of benzene rings is 2. The minimum Gasteiger partial charge on any atom is -0.494 e. The molecule has 0 unspecified atom stereocenters. The zero-order valence-corrected chi connectivity index (χ0v) is 21.8. The van der Waals surface area contributed by atoms with Gasteiger partial charge in [-0.1, -0.05) is 35.4 Å². The smallest absolute Gasteiger partial charge is 0.343 e. The second kappa shape index (κ2) is 17.6. The SMILES string of the molecule is C=CC(=O)OCCCCCCOc1ccc(C(=O)Oc2ccc(OCCCCCCBr)cc2)cc1. The third-order valence-corrected chi connectivity index (χ3v) is 5.70. The van der Waals surface area contributed by atoms with E-state index < -0.39 is 5.97 Å². The molecule has 2 aromatic rings. The third kappa shape index (κ3) is 12.5. The fourth-order valence-corrected chi connectivity index (χ4v) is 3.57. The van der Waals surface area contributed by atoms with Crippen molar-refractivity contribution in [3.8, 4) is 17.2 Å². The van der Waals surface area contributed by atoms with Crippen LogP contribution in [-0.2, 0) is 9.53 Å². The quantitative estimate of drug-likeness (QED) is 0.0664. The molecule has 0 amide bonds. The topological polar surface area (TPSA) is 71.1 Å². The van der Waals surface area contributed by atoms with Crippen molar-refractivity contribution >= 4 is 27.9 Å². The lowest BCUT2D eigenvalue weighted by Crippen LogP contribution is -2.08. The Morgan fingerprint density at radius 1 is 0.686 bits per heavy atom. The summed E-state index contributed by atoms with van der Waals surface area (Å²) >= 11 is 3.44. The zero-order valence-electron chi connectivity index (χ0n) is 20.2. The summed E-state index contributed by atoms with van der Waals surface area (Å²) in [4.78, 5) is 23.4. The van der Waals surface area contributed by atoms with Crippen LogP contribution in [0.1, 0.15) is 61.7 Å². The summed E-state index contributed by atoms with van der Waals surface area (Å²) in [6, 6.07) is 14.0. The molecule has 0 aliphatic carbocycles. The molecule has 0 fully saturated rings. The van der Waals surface area contributed by atoms with Crippen LogP contribution in [0.5, 0.6) is 17.2 Å². The summed E-state index contributed by atoms with van der Waals surface area (Å²) in [6.45, 7) is 5.04. The lowest BCUT2D eigenvalue weighted by Gasteiger charge is -2.09. The van der Waals surface area contributed by atoms with Crippen molar-refractivity contribution in [1.29, 1.82) is 0 Å². The van der Waals surface area contributed by atoms with E-state index in [1.54, 1.807) is 36.4 Å². The number of unbranched alkanes of at least 4 members (excludes halogenated alkanes) is 6. The predicted molar refractivity (Wildman–Crippen MR) is 141 cm³/mol. The summed E-state index contributed by atoms with van der Waals surface area (Å²) in [5, 5.41) is 1.05. The normalized spacial score (nSPS) is 10.4. The number of carbonyl (C=O) groups excluding carboxylic acids is 2. The van der Waals surface area contributed by atoms with Crippen LogP contribution in [0.2, 0.25) is 0 Å². The highest BCUT2D eigenvalue weighted by Gasteiger charge is 2.09. The van der Waals surface area contributed by atoms with E-state index in [1.165, 1.54) is 18.9 Å². The van der Waals surface area contributed by atoms with Crippen LogP contribution in [0, 0.1) is 0 Å². The maximum absolute atomic E-state index is 12.4. The van der Waals surface area contributed by atoms with Gasteiger partial charge in [-0.3, -0.25) is 0 Å². The molecule has 0 heterocycles. The van der Waals surface area contributed by atoms with E-state index in [0.717, 1.165) is 49.6 Å². The molecular weight excluding hydrogens is 512 g/mol. The second-order valence-corrected chi connectivity index (χ2v) is 8.76. The number of halogens is 1. The molecule has 0 radical (unpaired) electrons. The Balaban J connectivity index is 1.62. The van der Waals surface area contributed by atoms with E-state index in [2.05, 4.69) is 22.5 Å². The van der Waals surface area contributed by atoms with Gasteiger partial charge in [0, 0.05) is 11.4 Å². The van der Waals surface area contributed by atoms with Gasteiger partial charge in [0.1, 0.15) is 17.2 Å². The first kappa shape index (κ1) is 28.4. The Bertz CT molecular complexity index is 879. The van der Waals surface area contributed by atoms with Gasteiger partial charge in [0.25, 0.3) is 0 Å². The van der Waals surface area contributed by atoms with E-state index in [9.17, 15) is 9.59 Å². The molecule has 0 aromatic heterocycles. The van der Waals surface area contributed by atoms with Crippen molar-refractivity contribution in [2.75, 3.05) is 25.2 Å². The van der Waals surface area contributed by atoms with Crippen LogP contribution in [0.4, 0.5) is 0 Å². The minimum atomic E-state index is -0.422. The van der Waals surface area contributed by atoms with Crippen molar-refractivity contribution in [3.63, 3.8) is 0 Å². The maximum Gasteiger partial charge on any atom is 0.343 e. The van der Waals surface area contributed by atoms with E-state index in [1.807, 2.05) is 12.1 Å². The summed E-state index contributed by atoms with van der Waals surface area (Å²) in [7, 11) is 0. The molecule has 2 aromatic carbocycles. The molecule has 0 aliphatic heterocycles. The fraction of sp³-hybridized carbons (Fsp3) is 0.429. The van der Waals surface area contributed by atoms with Crippen LogP contribution in [-0.4, -0.2) is 37.1 Å². The fourth-order valence-electron chi connectivity index (χ4n) is 3.18. The standard InChI is InChI=1S/C28H35BrO6/c1-2-27(30)34-22-10-6-5-9-21-32-24-13-11-23(12-14-24)28(31)35-26-17-15-25(16-18-26)33-20-8-4-3-7-19-29/h2,11-18H,1,3-10,19-22H2. The van der Waals surface area contributed by atoms with Crippen molar-refractivity contribution in [1.82, 2.24) is 0 Å². The minimum absolute atomic E-state index is 0.383. The van der Waals surface area contributed by atoms with Crippen LogP contribution in [0.25, 0.3) is 0 Å². The highest BCUT2D eigenvalue weighted by molar-refractivity contribution is 9.09. The Hall–Kier alpha value is -2.80. The molecule has 2 rings (SSSR count). The maximum atomic E-state index is 12.4. The average Bonchev–Trinajstić information content (AvgIpc) is 2.88. The number of rotatable bonds is 18. The first-order valence-corrected chi connectivity index (χ1v) is 13.3. The Morgan fingerprint density at radius 2 is 1.17 bits per heavy atom. The summed E-state index contributed by atoms with van der Waals surface area (Å²) < 4.78 is 21.9. The number of alkyl halides is 1. The third-order valence-electron chi connectivity index (χ3n) is 5.14. The van der Waals surface area contributed by atoms with Crippen molar-refractivity contribution < 1.29 is 28.5 Å². The van der Waals surface area contributed by atoms with E-state index in [0.29, 0.717) is 36.9 Å². The summed E-state index contributed by atoms with van der Waals surface area (Å²) in [5.74, 6) is 1.14. The Morgan fingerprint density at radius 3 is 1.71 bits per heavy atom. The molecule has 7 heteroatoms. The van der Waals surface area contributed by atoms with Gasteiger partial charge in [-0.25, -0.2) is 9.59 Å². The van der Waals surface area contributed by atoms with Gasteiger partial charge in [-0.15, -0.1) is 0 Å². The molecule has 0 saturated carbocycles. The molecule has 0 bridgehead atoms. The molecule has 0 atom stereocenters. The van der Waals surface area contributed by atoms with Gasteiger partial charge >= 0.3 is 11.9 Å². The summed E-state index contributed by atoms with van der Waals surface area (Å²) in [6.07, 6.45) is 9.41. The average molecular weight is 547 g/mol. The van der Waals surface area contributed by atoms with Crippen LogP contribution < -0.4 is 14.2 Å². The number of hydrogen-bond acceptors (Lipinski definition) is 6.